The molecule has 21 heavy (non-hydrogen) atoms. The quantitative estimate of drug-likeness (QED) is 0.835. The lowest BCUT2D eigenvalue weighted by Crippen LogP contribution is -2.29. The van der Waals surface area contributed by atoms with E-state index < -0.39 is 0 Å². The first-order valence-electron chi connectivity index (χ1n) is 7.08. The number of ether oxygens (including phenoxy) is 2. The molecule has 0 amide bonds. The maximum Gasteiger partial charge on any atom is 0.245 e. The summed E-state index contributed by atoms with van der Waals surface area (Å²) >= 11 is 0. The summed E-state index contributed by atoms with van der Waals surface area (Å²) < 4.78 is 12.5. The molecule has 0 unspecified atom stereocenters. The fourth-order valence-corrected chi connectivity index (χ4v) is 2.42. The molecule has 2 heterocycles. The molecule has 7 nitrogen and oxygen atoms in total. The molecule has 0 N–H and O–H groups in total. The molecule has 112 valence electrons. The van der Waals surface area contributed by atoms with Crippen molar-refractivity contribution in [2.75, 3.05) is 38.3 Å². The zero-order valence-electron chi connectivity index (χ0n) is 12.1. The van der Waals surface area contributed by atoms with Gasteiger partial charge < -0.3 is 14.4 Å². The fourth-order valence-electron chi connectivity index (χ4n) is 2.42. The Labute approximate surface area is 123 Å². The van der Waals surface area contributed by atoms with Gasteiger partial charge in [-0.05, 0) is 34.5 Å². The minimum atomic E-state index is 0.622. The number of methoxy groups -OCH3 is 1. The van der Waals surface area contributed by atoms with E-state index in [9.17, 15) is 0 Å². The van der Waals surface area contributed by atoms with Gasteiger partial charge in [0, 0.05) is 19.7 Å². The molecule has 0 bridgehead atoms. The number of aromatic nitrogens is 4. The van der Waals surface area contributed by atoms with Crippen LogP contribution in [0.2, 0.25) is 0 Å². The van der Waals surface area contributed by atoms with Crippen molar-refractivity contribution in [2.45, 2.75) is 13.0 Å². The molecule has 1 aromatic carbocycles. The van der Waals surface area contributed by atoms with Gasteiger partial charge in [-0.15, -0.1) is 0 Å². The average Bonchev–Trinajstić information content (AvgIpc) is 2.81. The number of anilines is 1. The van der Waals surface area contributed by atoms with Crippen LogP contribution in [0.15, 0.2) is 24.3 Å². The Balaban J connectivity index is 1.78. The van der Waals surface area contributed by atoms with Crippen molar-refractivity contribution in [1.29, 1.82) is 0 Å². The van der Waals surface area contributed by atoms with Crippen molar-refractivity contribution >= 4 is 5.95 Å². The van der Waals surface area contributed by atoms with Gasteiger partial charge in [0.1, 0.15) is 5.75 Å². The van der Waals surface area contributed by atoms with Crippen LogP contribution in [0.4, 0.5) is 5.95 Å². The van der Waals surface area contributed by atoms with E-state index in [1.54, 1.807) is 7.11 Å². The lowest BCUT2D eigenvalue weighted by molar-refractivity contribution is 0.152. The third kappa shape index (κ3) is 3.30. The molecule has 2 aromatic rings. The van der Waals surface area contributed by atoms with Crippen LogP contribution in [0.5, 0.6) is 5.75 Å². The van der Waals surface area contributed by atoms with Crippen LogP contribution in [0.3, 0.4) is 0 Å². The summed E-state index contributed by atoms with van der Waals surface area (Å²) in [5, 5.41) is 12.1. The Bertz CT molecular complexity index is 578. The summed E-state index contributed by atoms with van der Waals surface area (Å²) in [5.74, 6) is 1.63. The summed E-state index contributed by atoms with van der Waals surface area (Å²) in [7, 11) is 1.67. The van der Waals surface area contributed by atoms with Crippen LogP contribution in [0, 0.1) is 0 Å². The number of hydrogen-bond acceptors (Lipinski definition) is 6. The van der Waals surface area contributed by atoms with Crippen LogP contribution in [-0.4, -0.2) is 53.6 Å². The van der Waals surface area contributed by atoms with Gasteiger partial charge in [-0.25, -0.2) is 4.68 Å². The van der Waals surface area contributed by atoms with Crippen molar-refractivity contribution in [2.24, 2.45) is 0 Å². The van der Waals surface area contributed by atoms with E-state index in [0.717, 1.165) is 43.4 Å². The van der Waals surface area contributed by atoms with Gasteiger partial charge in [0.05, 0.1) is 20.3 Å². The van der Waals surface area contributed by atoms with Gasteiger partial charge in [0.25, 0.3) is 0 Å². The minimum Gasteiger partial charge on any atom is -0.497 e. The Morgan fingerprint density at radius 3 is 3.14 bits per heavy atom. The summed E-state index contributed by atoms with van der Waals surface area (Å²) in [4.78, 5) is 2.17. The van der Waals surface area contributed by atoms with Gasteiger partial charge in [-0.2, -0.15) is 0 Å². The predicted octanol–water partition coefficient (Wildman–Crippen LogP) is 0.957. The zero-order valence-corrected chi connectivity index (χ0v) is 12.1. The summed E-state index contributed by atoms with van der Waals surface area (Å²) in [5.41, 5.74) is 1.11. The van der Waals surface area contributed by atoms with Crippen molar-refractivity contribution < 1.29 is 9.47 Å². The van der Waals surface area contributed by atoms with Crippen molar-refractivity contribution in [3.63, 3.8) is 0 Å². The summed E-state index contributed by atoms with van der Waals surface area (Å²) in [6, 6.07) is 7.94. The Kier molecular flexibility index (Phi) is 4.30. The maximum atomic E-state index is 5.48. The van der Waals surface area contributed by atoms with E-state index in [1.165, 1.54) is 0 Å². The predicted molar refractivity (Wildman–Crippen MR) is 77.6 cm³/mol. The smallest absolute Gasteiger partial charge is 0.245 e. The molecule has 0 atom stereocenters. The molecule has 1 fully saturated rings. The van der Waals surface area contributed by atoms with Crippen LogP contribution in [0.25, 0.3) is 0 Å². The summed E-state index contributed by atoms with van der Waals surface area (Å²) in [6.45, 7) is 3.87. The van der Waals surface area contributed by atoms with Gasteiger partial charge in [-0.3, -0.25) is 0 Å². The van der Waals surface area contributed by atoms with E-state index in [0.29, 0.717) is 13.2 Å². The molecular formula is C14H19N5O2. The van der Waals surface area contributed by atoms with Gasteiger partial charge >= 0.3 is 0 Å². The van der Waals surface area contributed by atoms with Crippen LogP contribution < -0.4 is 9.64 Å². The molecule has 0 spiro atoms. The zero-order chi connectivity index (χ0) is 14.5. The number of nitrogens with zero attached hydrogens (tertiary/aromatic N) is 5. The van der Waals surface area contributed by atoms with Crippen molar-refractivity contribution in [3.05, 3.63) is 29.8 Å². The van der Waals surface area contributed by atoms with E-state index in [2.05, 4.69) is 20.4 Å². The highest BCUT2D eigenvalue weighted by molar-refractivity contribution is 5.32. The highest BCUT2D eigenvalue weighted by Gasteiger charge is 2.17. The van der Waals surface area contributed by atoms with Crippen molar-refractivity contribution in [3.8, 4) is 5.75 Å². The minimum absolute atomic E-state index is 0.622. The highest BCUT2D eigenvalue weighted by Crippen LogP contribution is 2.16. The molecule has 0 aliphatic carbocycles. The average molecular weight is 289 g/mol. The molecule has 1 aromatic heterocycles. The molecule has 1 aliphatic rings. The molecule has 0 saturated carbocycles. The van der Waals surface area contributed by atoms with Crippen LogP contribution in [-0.2, 0) is 11.3 Å². The van der Waals surface area contributed by atoms with Gasteiger partial charge in [0.2, 0.25) is 5.95 Å². The van der Waals surface area contributed by atoms with E-state index >= 15 is 0 Å². The first-order valence-corrected chi connectivity index (χ1v) is 7.08. The number of hydrogen-bond donors (Lipinski definition) is 0. The maximum absolute atomic E-state index is 5.48. The normalized spacial score (nSPS) is 15.8. The molecule has 3 rings (SSSR count). The highest BCUT2D eigenvalue weighted by atomic mass is 16.5. The van der Waals surface area contributed by atoms with E-state index in [1.807, 2.05) is 28.9 Å². The van der Waals surface area contributed by atoms with Crippen molar-refractivity contribution in [1.82, 2.24) is 20.2 Å². The first-order chi connectivity index (χ1) is 10.4. The van der Waals surface area contributed by atoms with Gasteiger partial charge in [-0.1, -0.05) is 17.2 Å². The molecule has 1 saturated heterocycles. The second kappa shape index (κ2) is 6.53. The standard InChI is InChI=1S/C14H19N5O2/c1-20-13-5-2-4-12(10-13)11-19-14(15-16-17-19)18-6-3-8-21-9-7-18/h2,4-5,10H,3,6-9,11H2,1H3. The summed E-state index contributed by atoms with van der Waals surface area (Å²) in [6.07, 6.45) is 0.992. The second-order valence-corrected chi connectivity index (χ2v) is 4.94. The first kappa shape index (κ1) is 13.8. The Morgan fingerprint density at radius 1 is 1.29 bits per heavy atom. The second-order valence-electron chi connectivity index (χ2n) is 4.94. The molecule has 7 heteroatoms. The lowest BCUT2D eigenvalue weighted by atomic mass is 10.2. The van der Waals surface area contributed by atoms with E-state index in [4.69, 9.17) is 9.47 Å². The number of rotatable bonds is 4. The monoisotopic (exact) mass is 289 g/mol. The molecule has 0 radical (unpaired) electrons. The Morgan fingerprint density at radius 2 is 2.24 bits per heavy atom. The Hall–Kier alpha value is -2.15. The third-order valence-electron chi connectivity index (χ3n) is 3.48. The van der Waals surface area contributed by atoms with Crippen LogP contribution >= 0.6 is 0 Å². The fraction of sp³-hybridized carbons (Fsp3) is 0.500. The van der Waals surface area contributed by atoms with Crippen LogP contribution in [0.1, 0.15) is 12.0 Å². The van der Waals surface area contributed by atoms with E-state index in [-0.39, 0.29) is 0 Å². The topological polar surface area (TPSA) is 65.3 Å². The SMILES string of the molecule is COc1cccc(Cn2nnnc2N2CCCOCC2)c1. The molecule has 1 aliphatic heterocycles. The largest absolute Gasteiger partial charge is 0.497 e. The number of benzene rings is 1. The molecular weight excluding hydrogens is 270 g/mol. The lowest BCUT2D eigenvalue weighted by Gasteiger charge is -2.19. The number of tetrazole rings is 1. The van der Waals surface area contributed by atoms with Gasteiger partial charge in [0.15, 0.2) is 0 Å². The third-order valence-corrected chi connectivity index (χ3v) is 3.48.